The van der Waals surface area contributed by atoms with Crippen molar-refractivity contribution in [3.63, 3.8) is 0 Å². The molecular formula is C23H13F8N5. The lowest BCUT2D eigenvalue weighted by Crippen LogP contribution is -2.08. The predicted molar refractivity (Wildman–Crippen MR) is 112 cm³/mol. The second-order valence-corrected chi connectivity index (χ2v) is 7.47. The van der Waals surface area contributed by atoms with E-state index in [1.54, 1.807) is 0 Å². The number of anilines is 1. The highest BCUT2D eigenvalue weighted by atomic mass is 19.4. The molecule has 0 bridgehead atoms. The third-order valence-electron chi connectivity index (χ3n) is 4.89. The molecule has 0 saturated heterocycles. The van der Waals surface area contributed by atoms with Crippen LogP contribution in [0.25, 0.3) is 22.6 Å². The van der Waals surface area contributed by atoms with E-state index in [2.05, 4.69) is 25.3 Å². The Morgan fingerprint density at radius 1 is 0.694 bits per heavy atom. The summed E-state index contributed by atoms with van der Waals surface area (Å²) in [4.78, 5) is 15.4. The van der Waals surface area contributed by atoms with E-state index in [9.17, 15) is 35.1 Å². The summed E-state index contributed by atoms with van der Waals surface area (Å²) in [5.41, 5.74) is -2.47. The van der Waals surface area contributed by atoms with E-state index >= 15 is 0 Å². The van der Waals surface area contributed by atoms with Gasteiger partial charge >= 0.3 is 12.4 Å². The first-order valence-electron chi connectivity index (χ1n) is 10.0. The number of halogens is 8. The van der Waals surface area contributed by atoms with Crippen LogP contribution in [-0.2, 0) is 18.9 Å². The van der Waals surface area contributed by atoms with E-state index in [-0.39, 0.29) is 40.6 Å². The summed E-state index contributed by atoms with van der Waals surface area (Å²) < 4.78 is 106. The van der Waals surface area contributed by atoms with Crippen molar-refractivity contribution >= 4 is 5.82 Å². The molecule has 0 atom stereocenters. The average Bonchev–Trinajstić information content (AvgIpc) is 2.82. The maximum absolute atomic E-state index is 14.0. The van der Waals surface area contributed by atoms with E-state index in [1.165, 1.54) is 12.1 Å². The number of alkyl halides is 6. The van der Waals surface area contributed by atoms with Crippen LogP contribution in [0.4, 0.5) is 40.9 Å². The lowest BCUT2D eigenvalue weighted by Gasteiger charge is -2.13. The van der Waals surface area contributed by atoms with Gasteiger partial charge in [-0.25, -0.2) is 18.7 Å². The number of aromatic nitrogens is 4. The van der Waals surface area contributed by atoms with Crippen molar-refractivity contribution in [2.24, 2.45) is 0 Å². The number of nitrogens with one attached hydrogen (secondary N) is 1. The molecule has 0 aliphatic rings. The highest BCUT2D eigenvalue weighted by molar-refractivity contribution is 5.67. The minimum absolute atomic E-state index is 0.0413. The van der Waals surface area contributed by atoms with E-state index in [0.29, 0.717) is 18.5 Å². The van der Waals surface area contributed by atoms with Crippen LogP contribution >= 0.6 is 0 Å². The third kappa shape index (κ3) is 5.73. The molecule has 0 unspecified atom stereocenters. The minimum atomic E-state index is -4.72. The maximum atomic E-state index is 14.0. The maximum Gasteiger partial charge on any atom is 0.417 e. The Morgan fingerprint density at radius 3 is 1.92 bits per heavy atom. The summed E-state index contributed by atoms with van der Waals surface area (Å²) >= 11 is 0. The Bertz CT molecular complexity index is 1330. The number of benzene rings is 1. The lowest BCUT2D eigenvalue weighted by molar-refractivity contribution is -0.138. The van der Waals surface area contributed by atoms with Crippen molar-refractivity contribution < 1.29 is 35.1 Å². The van der Waals surface area contributed by atoms with Crippen LogP contribution in [0.15, 0.2) is 61.2 Å². The number of hydrogen-bond donors (Lipinski definition) is 1. The van der Waals surface area contributed by atoms with Crippen molar-refractivity contribution in [1.82, 2.24) is 19.9 Å². The van der Waals surface area contributed by atoms with E-state index < -0.39 is 35.1 Å². The first-order valence-corrected chi connectivity index (χ1v) is 10.0. The quantitative estimate of drug-likeness (QED) is 0.309. The van der Waals surface area contributed by atoms with Crippen LogP contribution in [0.3, 0.4) is 0 Å². The van der Waals surface area contributed by atoms with Gasteiger partial charge in [-0.3, -0.25) is 9.97 Å². The second kappa shape index (κ2) is 9.47. The van der Waals surface area contributed by atoms with Crippen molar-refractivity contribution in [3.05, 3.63) is 89.5 Å². The fourth-order valence-corrected chi connectivity index (χ4v) is 3.12. The Labute approximate surface area is 197 Å². The van der Waals surface area contributed by atoms with Gasteiger partial charge in [0.05, 0.1) is 16.8 Å². The normalized spacial score (nSPS) is 12.0. The standard InChI is InChI=1S/C23H13F8N5/c24-17-2-1-12(18(25)5-17)9-34-20-6-19(13-3-15(10-32-7-13)22(26,27)28)35-21(36-20)14-4-16(11-33-8-14)23(29,30)31/h1-8,10-11H,9H2,(H,34,35,36). The molecule has 0 aliphatic heterocycles. The monoisotopic (exact) mass is 511 g/mol. The largest absolute Gasteiger partial charge is 0.417 e. The van der Waals surface area contributed by atoms with Crippen LogP contribution < -0.4 is 5.32 Å². The number of rotatable bonds is 5. The summed E-state index contributed by atoms with van der Waals surface area (Å²) in [5, 5.41) is 2.73. The molecule has 4 rings (SSSR count). The minimum Gasteiger partial charge on any atom is -0.366 e. The van der Waals surface area contributed by atoms with Crippen LogP contribution in [0.2, 0.25) is 0 Å². The molecule has 0 spiro atoms. The molecule has 3 heterocycles. The number of nitrogens with zero attached hydrogens (tertiary/aromatic N) is 4. The van der Waals surface area contributed by atoms with Gasteiger partial charge in [-0.15, -0.1) is 0 Å². The van der Waals surface area contributed by atoms with Gasteiger partial charge in [0.1, 0.15) is 17.5 Å². The summed E-state index contributed by atoms with van der Waals surface area (Å²) in [6.45, 7) is -0.219. The highest BCUT2D eigenvalue weighted by Gasteiger charge is 2.32. The van der Waals surface area contributed by atoms with E-state index in [1.807, 2.05) is 0 Å². The lowest BCUT2D eigenvalue weighted by atomic mass is 10.1. The van der Waals surface area contributed by atoms with Gasteiger partial charge in [0.2, 0.25) is 0 Å². The van der Waals surface area contributed by atoms with Gasteiger partial charge in [0.25, 0.3) is 0 Å². The molecule has 0 saturated carbocycles. The summed E-state index contributed by atoms with van der Waals surface area (Å²) in [6, 6.07) is 5.60. The van der Waals surface area contributed by atoms with Crippen LogP contribution in [-0.4, -0.2) is 19.9 Å². The predicted octanol–water partition coefficient (Wildman–Crippen LogP) is 6.53. The molecule has 1 N–H and O–H groups in total. The molecule has 3 aromatic heterocycles. The van der Waals surface area contributed by atoms with Crippen molar-refractivity contribution in [1.29, 1.82) is 0 Å². The van der Waals surface area contributed by atoms with Crippen molar-refractivity contribution in [2.45, 2.75) is 18.9 Å². The van der Waals surface area contributed by atoms with Gasteiger partial charge in [-0.1, -0.05) is 6.07 Å². The molecule has 186 valence electrons. The van der Waals surface area contributed by atoms with Gasteiger partial charge in [-0.05, 0) is 18.2 Å². The molecule has 0 fully saturated rings. The Kier molecular flexibility index (Phi) is 6.57. The van der Waals surface area contributed by atoms with Gasteiger partial charge in [0, 0.05) is 60.2 Å². The summed E-state index contributed by atoms with van der Waals surface area (Å²) in [7, 11) is 0. The van der Waals surface area contributed by atoms with Crippen molar-refractivity contribution in [2.75, 3.05) is 5.32 Å². The second-order valence-electron chi connectivity index (χ2n) is 7.47. The summed E-state index contributed by atoms with van der Waals surface area (Å²) in [6.07, 6.45) is -6.06. The summed E-state index contributed by atoms with van der Waals surface area (Å²) in [5.74, 6) is -1.99. The zero-order chi connectivity index (χ0) is 26.1. The molecule has 36 heavy (non-hydrogen) atoms. The van der Waals surface area contributed by atoms with Gasteiger partial charge in [0.15, 0.2) is 5.82 Å². The van der Waals surface area contributed by atoms with Crippen LogP contribution in [0, 0.1) is 11.6 Å². The topological polar surface area (TPSA) is 63.6 Å². The van der Waals surface area contributed by atoms with E-state index in [4.69, 9.17) is 0 Å². The fraction of sp³-hybridized carbons (Fsp3) is 0.130. The number of pyridine rings is 2. The van der Waals surface area contributed by atoms with Crippen LogP contribution in [0.5, 0.6) is 0 Å². The molecular weight excluding hydrogens is 498 g/mol. The fourth-order valence-electron chi connectivity index (χ4n) is 3.12. The molecule has 0 amide bonds. The molecule has 1 aromatic carbocycles. The zero-order valence-corrected chi connectivity index (χ0v) is 17.8. The molecule has 4 aromatic rings. The Hall–Kier alpha value is -4.16. The zero-order valence-electron chi connectivity index (χ0n) is 17.8. The third-order valence-corrected chi connectivity index (χ3v) is 4.89. The highest BCUT2D eigenvalue weighted by Crippen LogP contribution is 2.33. The smallest absolute Gasteiger partial charge is 0.366 e. The van der Waals surface area contributed by atoms with Gasteiger partial charge < -0.3 is 5.32 Å². The first kappa shape index (κ1) is 24.9. The average molecular weight is 511 g/mol. The SMILES string of the molecule is Fc1ccc(CNc2cc(-c3cncc(C(F)(F)F)c3)nc(-c3cncc(C(F)(F)F)c3)n2)c(F)c1. The van der Waals surface area contributed by atoms with Crippen molar-refractivity contribution in [3.8, 4) is 22.6 Å². The molecule has 0 radical (unpaired) electrons. The molecule has 0 aliphatic carbocycles. The van der Waals surface area contributed by atoms with Crippen LogP contribution in [0.1, 0.15) is 16.7 Å². The Morgan fingerprint density at radius 2 is 1.31 bits per heavy atom. The van der Waals surface area contributed by atoms with E-state index in [0.717, 1.165) is 30.6 Å². The molecule has 5 nitrogen and oxygen atoms in total. The molecule has 13 heteroatoms. The first-order chi connectivity index (χ1) is 16.9. The Balaban J connectivity index is 1.79. The van der Waals surface area contributed by atoms with Gasteiger partial charge in [-0.2, -0.15) is 26.3 Å². The number of hydrogen-bond acceptors (Lipinski definition) is 5.